The van der Waals surface area contributed by atoms with Crippen molar-refractivity contribution < 1.29 is 4.79 Å². The average molecular weight is 250 g/mol. The van der Waals surface area contributed by atoms with Gasteiger partial charge in [-0.2, -0.15) is 0 Å². The van der Waals surface area contributed by atoms with Crippen molar-refractivity contribution in [3.05, 3.63) is 11.3 Å². The van der Waals surface area contributed by atoms with Crippen molar-refractivity contribution in [2.45, 2.75) is 59.3 Å². The molecule has 0 unspecified atom stereocenters. The van der Waals surface area contributed by atoms with Crippen molar-refractivity contribution in [1.29, 1.82) is 0 Å². The van der Waals surface area contributed by atoms with Gasteiger partial charge in [-0.1, -0.05) is 20.3 Å². The number of carbonyl (C=O) groups excluding carboxylic acids is 1. The maximum absolute atomic E-state index is 12.2. The molecule has 0 bridgehead atoms. The third kappa shape index (κ3) is 3.97. The molecular weight excluding hydrogens is 224 g/mol. The fourth-order valence-corrected chi connectivity index (χ4v) is 2.08. The molecule has 1 heterocycles. The number of hydrogen-bond donors (Lipinski definition) is 0. The van der Waals surface area contributed by atoms with Crippen LogP contribution in [0.2, 0.25) is 0 Å². The molecule has 1 aliphatic rings. The summed E-state index contributed by atoms with van der Waals surface area (Å²) in [7, 11) is 2.06. The number of likely N-dealkylation sites (tertiary alicyclic amines) is 1. The molecule has 3 heteroatoms. The second-order valence-electron chi connectivity index (χ2n) is 5.06. The van der Waals surface area contributed by atoms with E-state index < -0.39 is 0 Å². The smallest absolute Gasteiger partial charge is 0.181 e. The fraction of sp³-hybridized carbons (Fsp3) is 0.733. The van der Waals surface area contributed by atoms with Crippen molar-refractivity contribution in [1.82, 2.24) is 4.90 Å². The number of carbonyl (C=O) groups is 1. The lowest BCUT2D eigenvalue weighted by molar-refractivity contribution is -0.115. The van der Waals surface area contributed by atoms with Crippen LogP contribution in [-0.4, -0.2) is 30.1 Å². The molecule has 0 radical (unpaired) electrons. The molecule has 1 saturated heterocycles. The van der Waals surface area contributed by atoms with Gasteiger partial charge in [-0.05, 0) is 31.8 Å². The normalized spacial score (nSPS) is 19.3. The summed E-state index contributed by atoms with van der Waals surface area (Å²) in [6, 6.07) is 0. The Morgan fingerprint density at radius 2 is 2.11 bits per heavy atom. The van der Waals surface area contributed by atoms with Crippen LogP contribution in [0.15, 0.2) is 16.3 Å². The maximum Gasteiger partial charge on any atom is 0.181 e. The zero-order valence-electron chi connectivity index (χ0n) is 12.3. The number of Topliss-reactive ketones (excluding diaryl/α,β-unsaturated/α-hetero) is 1. The number of nitrogens with zero attached hydrogens (tertiary/aromatic N) is 2. The van der Waals surface area contributed by atoms with E-state index in [0.717, 1.165) is 55.8 Å². The predicted molar refractivity (Wildman–Crippen MR) is 76.8 cm³/mol. The Labute approximate surface area is 111 Å². The Kier molecular flexibility index (Phi) is 6.10. The molecule has 3 nitrogen and oxygen atoms in total. The first-order valence-electron chi connectivity index (χ1n) is 7.11. The highest BCUT2D eigenvalue weighted by Gasteiger charge is 2.18. The SMILES string of the molecule is CCCCC(=O)/C(N=C1CCCN1C)=C(\C)CC. The zero-order valence-corrected chi connectivity index (χ0v) is 12.3. The van der Waals surface area contributed by atoms with Gasteiger partial charge in [0.2, 0.25) is 0 Å². The number of ketones is 1. The predicted octanol–water partition coefficient (Wildman–Crippen LogP) is 3.55. The van der Waals surface area contributed by atoms with E-state index >= 15 is 0 Å². The Hall–Kier alpha value is -1.12. The van der Waals surface area contributed by atoms with E-state index in [1.165, 1.54) is 0 Å². The van der Waals surface area contributed by atoms with Crippen LogP contribution in [0, 0.1) is 0 Å². The minimum atomic E-state index is 0.212. The topological polar surface area (TPSA) is 32.7 Å². The second kappa shape index (κ2) is 7.34. The Morgan fingerprint density at radius 3 is 2.61 bits per heavy atom. The molecule has 102 valence electrons. The number of hydrogen-bond acceptors (Lipinski definition) is 2. The summed E-state index contributed by atoms with van der Waals surface area (Å²) >= 11 is 0. The summed E-state index contributed by atoms with van der Waals surface area (Å²) in [6.45, 7) is 7.28. The van der Waals surface area contributed by atoms with E-state index in [-0.39, 0.29) is 5.78 Å². The first-order chi connectivity index (χ1) is 8.60. The zero-order chi connectivity index (χ0) is 13.5. The molecule has 0 spiro atoms. The highest BCUT2D eigenvalue weighted by molar-refractivity contribution is 5.99. The highest BCUT2D eigenvalue weighted by atomic mass is 16.1. The molecule has 0 N–H and O–H groups in total. The van der Waals surface area contributed by atoms with E-state index in [0.29, 0.717) is 6.42 Å². The summed E-state index contributed by atoms with van der Waals surface area (Å²) in [5, 5.41) is 0. The lowest BCUT2D eigenvalue weighted by Gasteiger charge is -2.13. The summed E-state index contributed by atoms with van der Waals surface area (Å²) in [5.41, 5.74) is 1.83. The molecule has 0 atom stereocenters. The molecule has 0 aliphatic carbocycles. The van der Waals surface area contributed by atoms with Gasteiger partial charge in [0.15, 0.2) is 5.78 Å². The fourth-order valence-electron chi connectivity index (χ4n) is 2.08. The third-order valence-electron chi connectivity index (χ3n) is 3.53. The van der Waals surface area contributed by atoms with Crippen LogP contribution in [0.25, 0.3) is 0 Å². The maximum atomic E-state index is 12.2. The average Bonchev–Trinajstić information content (AvgIpc) is 2.77. The van der Waals surface area contributed by atoms with Crippen LogP contribution in [0.1, 0.15) is 59.3 Å². The molecule has 1 aliphatic heterocycles. The molecule has 18 heavy (non-hydrogen) atoms. The van der Waals surface area contributed by atoms with E-state index in [1.807, 2.05) is 6.92 Å². The number of aliphatic imine (C=N–C) groups is 1. The largest absolute Gasteiger partial charge is 0.363 e. The number of allylic oxidation sites excluding steroid dienone is 2. The summed E-state index contributed by atoms with van der Waals surface area (Å²) in [4.78, 5) is 19.0. The number of amidine groups is 1. The van der Waals surface area contributed by atoms with Crippen LogP contribution in [0.4, 0.5) is 0 Å². The third-order valence-corrected chi connectivity index (χ3v) is 3.53. The van der Waals surface area contributed by atoms with Crippen molar-refractivity contribution in [2.75, 3.05) is 13.6 Å². The van der Waals surface area contributed by atoms with Gasteiger partial charge in [-0.3, -0.25) is 4.79 Å². The first-order valence-corrected chi connectivity index (χ1v) is 7.11. The quantitative estimate of drug-likeness (QED) is 0.675. The van der Waals surface area contributed by atoms with Gasteiger partial charge in [0, 0.05) is 26.4 Å². The van der Waals surface area contributed by atoms with Crippen LogP contribution in [-0.2, 0) is 4.79 Å². The summed E-state index contributed by atoms with van der Waals surface area (Å²) in [5.74, 6) is 1.28. The van der Waals surface area contributed by atoms with Gasteiger partial charge in [-0.25, -0.2) is 4.99 Å². The standard InChI is InChI=1S/C15H26N2O/c1-5-7-9-13(18)15(12(3)6-2)16-14-10-8-11-17(14)4/h5-11H2,1-4H3/b15-12-,16-14?. The van der Waals surface area contributed by atoms with Crippen molar-refractivity contribution >= 4 is 11.6 Å². The van der Waals surface area contributed by atoms with Gasteiger partial charge in [0.1, 0.15) is 11.5 Å². The molecule has 1 rings (SSSR count). The molecule has 0 saturated carbocycles. The molecular formula is C15H26N2O. The van der Waals surface area contributed by atoms with E-state index in [1.54, 1.807) is 0 Å². The lowest BCUT2D eigenvalue weighted by atomic mass is 10.1. The second-order valence-corrected chi connectivity index (χ2v) is 5.06. The Balaban J connectivity index is 2.90. The van der Waals surface area contributed by atoms with E-state index in [9.17, 15) is 4.79 Å². The highest BCUT2D eigenvalue weighted by Crippen LogP contribution is 2.18. The monoisotopic (exact) mass is 250 g/mol. The summed E-state index contributed by atoms with van der Waals surface area (Å²) < 4.78 is 0. The Bertz CT molecular complexity index is 356. The molecule has 0 aromatic heterocycles. The number of unbranched alkanes of at least 4 members (excludes halogenated alkanes) is 1. The van der Waals surface area contributed by atoms with Crippen LogP contribution in [0.5, 0.6) is 0 Å². The van der Waals surface area contributed by atoms with Gasteiger partial charge < -0.3 is 4.90 Å². The van der Waals surface area contributed by atoms with Crippen molar-refractivity contribution in [3.63, 3.8) is 0 Å². The van der Waals surface area contributed by atoms with Gasteiger partial charge in [0.25, 0.3) is 0 Å². The van der Waals surface area contributed by atoms with Gasteiger partial charge >= 0.3 is 0 Å². The van der Waals surface area contributed by atoms with E-state index in [2.05, 4.69) is 30.8 Å². The summed E-state index contributed by atoms with van der Waals surface area (Å²) in [6.07, 6.45) is 5.69. The number of rotatable bonds is 6. The van der Waals surface area contributed by atoms with Gasteiger partial charge in [0.05, 0.1) is 0 Å². The molecule has 0 aromatic rings. The van der Waals surface area contributed by atoms with Crippen molar-refractivity contribution in [2.24, 2.45) is 4.99 Å². The lowest BCUT2D eigenvalue weighted by Crippen LogP contribution is -2.20. The first kappa shape index (κ1) is 14.9. The van der Waals surface area contributed by atoms with Crippen LogP contribution >= 0.6 is 0 Å². The minimum absolute atomic E-state index is 0.212. The van der Waals surface area contributed by atoms with Crippen molar-refractivity contribution in [3.8, 4) is 0 Å². The molecule has 0 amide bonds. The molecule has 1 fully saturated rings. The van der Waals surface area contributed by atoms with Crippen LogP contribution in [0.3, 0.4) is 0 Å². The minimum Gasteiger partial charge on any atom is -0.363 e. The van der Waals surface area contributed by atoms with Crippen LogP contribution < -0.4 is 0 Å². The Morgan fingerprint density at radius 1 is 1.39 bits per heavy atom. The molecule has 0 aromatic carbocycles. The van der Waals surface area contributed by atoms with E-state index in [4.69, 9.17) is 0 Å². The van der Waals surface area contributed by atoms with Gasteiger partial charge in [-0.15, -0.1) is 0 Å².